The molecule has 0 saturated carbocycles. The van der Waals surface area contributed by atoms with Gasteiger partial charge in [-0.1, -0.05) is 12.1 Å². The minimum Gasteiger partial charge on any atom is -0.300 e. The Balaban J connectivity index is 1.84. The molecule has 1 aliphatic rings. The van der Waals surface area contributed by atoms with Gasteiger partial charge in [-0.25, -0.2) is 9.37 Å². The number of hydrogen-bond acceptors (Lipinski definition) is 5. The molecule has 4 nitrogen and oxygen atoms in total. The Bertz CT molecular complexity index is 710. The van der Waals surface area contributed by atoms with Crippen LogP contribution in [0.3, 0.4) is 0 Å². The second kappa shape index (κ2) is 5.56. The highest BCUT2D eigenvalue weighted by Gasteiger charge is 2.24. The number of thioether (sulfide) groups is 1. The summed E-state index contributed by atoms with van der Waals surface area (Å²) >= 11 is 2.60. The monoisotopic (exact) mass is 305 g/mol. The third-order valence-corrected chi connectivity index (χ3v) is 3.99. The van der Waals surface area contributed by atoms with E-state index in [0.717, 1.165) is 0 Å². The van der Waals surface area contributed by atoms with Gasteiger partial charge < -0.3 is 5.32 Å². The van der Waals surface area contributed by atoms with Gasteiger partial charge in [0.25, 0.3) is 5.91 Å². The van der Waals surface area contributed by atoms with Crippen LogP contribution < -0.4 is 5.32 Å². The molecule has 7 heteroatoms. The lowest BCUT2D eigenvalue weighted by molar-refractivity contribution is -0.115. The van der Waals surface area contributed by atoms with E-state index >= 15 is 0 Å². The molecule has 0 spiro atoms. The first kappa shape index (κ1) is 13.0. The smallest absolute Gasteiger partial charge is 0.264 e. The van der Waals surface area contributed by atoms with Crippen molar-refractivity contribution in [1.29, 1.82) is 0 Å². The molecular formula is C13H8FN3OS2. The van der Waals surface area contributed by atoms with Gasteiger partial charge in [0.15, 0.2) is 5.17 Å². The third-order valence-electron chi connectivity index (χ3n) is 2.41. The number of carbonyl (C=O) groups is 1. The fourth-order valence-electron chi connectivity index (χ4n) is 1.59. The summed E-state index contributed by atoms with van der Waals surface area (Å²) in [7, 11) is 0. The largest absolute Gasteiger partial charge is 0.300 e. The van der Waals surface area contributed by atoms with E-state index in [1.54, 1.807) is 24.4 Å². The van der Waals surface area contributed by atoms with Gasteiger partial charge in [-0.2, -0.15) is 4.99 Å². The molecule has 1 amide bonds. The second-order valence-electron chi connectivity index (χ2n) is 3.85. The average Bonchev–Trinajstić information content (AvgIpc) is 3.01. The maximum Gasteiger partial charge on any atom is 0.264 e. The highest BCUT2D eigenvalue weighted by Crippen LogP contribution is 2.28. The highest BCUT2D eigenvalue weighted by atomic mass is 32.2. The van der Waals surface area contributed by atoms with Gasteiger partial charge in [0.1, 0.15) is 5.82 Å². The van der Waals surface area contributed by atoms with Crippen LogP contribution in [0, 0.1) is 5.82 Å². The van der Waals surface area contributed by atoms with Crippen molar-refractivity contribution in [2.24, 2.45) is 4.99 Å². The average molecular weight is 305 g/mol. The number of thiazole rings is 1. The molecule has 1 N–H and O–H groups in total. The molecule has 3 rings (SSSR count). The van der Waals surface area contributed by atoms with Crippen LogP contribution >= 0.6 is 23.1 Å². The van der Waals surface area contributed by atoms with Crippen LogP contribution in [0.4, 0.5) is 9.52 Å². The van der Waals surface area contributed by atoms with E-state index in [-0.39, 0.29) is 11.7 Å². The summed E-state index contributed by atoms with van der Waals surface area (Å²) in [5.41, 5.74) is 0.637. The first-order valence-corrected chi connectivity index (χ1v) is 7.35. The van der Waals surface area contributed by atoms with Crippen molar-refractivity contribution in [3.63, 3.8) is 0 Å². The zero-order chi connectivity index (χ0) is 13.9. The van der Waals surface area contributed by atoms with E-state index in [1.807, 2.05) is 5.38 Å². The normalized spacial score (nSPS) is 18.8. The molecule has 0 aliphatic carbocycles. The summed E-state index contributed by atoms with van der Waals surface area (Å²) in [4.78, 5) is 20.5. The van der Waals surface area contributed by atoms with Gasteiger partial charge in [0, 0.05) is 11.6 Å². The number of amidine groups is 1. The van der Waals surface area contributed by atoms with Crippen LogP contribution in [0.25, 0.3) is 6.08 Å². The van der Waals surface area contributed by atoms with Gasteiger partial charge in [-0.3, -0.25) is 4.79 Å². The third kappa shape index (κ3) is 2.94. The Morgan fingerprint density at radius 1 is 1.40 bits per heavy atom. The van der Waals surface area contributed by atoms with Gasteiger partial charge in [-0.05, 0) is 35.5 Å². The summed E-state index contributed by atoms with van der Waals surface area (Å²) in [5.74, 6) is -0.575. The number of hydrogen-bond donors (Lipinski definition) is 1. The van der Waals surface area contributed by atoms with Crippen molar-refractivity contribution in [1.82, 2.24) is 10.3 Å². The van der Waals surface area contributed by atoms with E-state index in [2.05, 4.69) is 15.3 Å². The van der Waals surface area contributed by atoms with Crippen LogP contribution in [0.5, 0.6) is 0 Å². The molecule has 1 fully saturated rings. The molecule has 1 saturated heterocycles. The number of amides is 1. The first-order chi connectivity index (χ1) is 9.70. The molecule has 2 aromatic rings. The number of aromatic nitrogens is 1. The number of aliphatic imine (C=N–C) groups is 1. The molecule has 0 atom stereocenters. The Kier molecular flexibility index (Phi) is 3.62. The predicted molar refractivity (Wildman–Crippen MR) is 79.3 cm³/mol. The summed E-state index contributed by atoms with van der Waals surface area (Å²) in [6.07, 6.45) is 3.28. The zero-order valence-corrected chi connectivity index (χ0v) is 11.7. The van der Waals surface area contributed by atoms with E-state index in [0.29, 0.717) is 20.8 Å². The van der Waals surface area contributed by atoms with Crippen molar-refractivity contribution < 1.29 is 9.18 Å². The van der Waals surface area contributed by atoms with E-state index < -0.39 is 0 Å². The first-order valence-electron chi connectivity index (χ1n) is 5.65. The minimum atomic E-state index is -0.334. The zero-order valence-electron chi connectivity index (χ0n) is 10.0. The number of halogens is 1. The van der Waals surface area contributed by atoms with Crippen molar-refractivity contribution in [3.8, 4) is 0 Å². The number of rotatable bonds is 2. The Labute approximate surface area is 122 Å². The number of benzene rings is 1. The molecule has 0 radical (unpaired) electrons. The van der Waals surface area contributed by atoms with Crippen molar-refractivity contribution in [2.45, 2.75) is 0 Å². The van der Waals surface area contributed by atoms with Gasteiger partial charge >= 0.3 is 0 Å². The maximum absolute atomic E-state index is 13.1. The molecule has 2 heterocycles. The number of carbonyl (C=O) groups excluding carboxylic acids is 1. The molecule has 1 aromatic heterocycles. The Morgan fingerprint density at radius 3 is 3.05 bits per heavy atom. The van der Waals surface area contributed by atoms with Crippen molar-refractivity contribution in [2.75, 3.05) is 0 Å². The minimum absolute atomic E-state index is 0.241. The fraction of sp³-hybridized carbons (Fsp3) is 0. The molecule has 1 aliphatic heterocycles. The molecule has 0 bridgehead atoms. The molecule has 100 valence electrons. The van der Waals surface area contributed by atoms with E-state index in [9.17, 15) is 9.18 Å². The quantitative estimate of drug-likeness (QED) is 0.867. The summed E-state index contributed by atoms with van der Waals surface area (Å²) in [6.45, 7) is 0. The fourth-order valence-corrected chi connectivity index (χ4v) is 2.98. The summed E-state index contributed by atoms with van der Waals surface area (Å²) in [5, 5.41) is 5.53. The van der Waals surface area contributed by atoms with Crippen LogP contribution in [0.15, 0.2) is 45.7 Å². The molecule has 1 aromatic carbocycles. The molecule has 20 heavy (non-hydrogen) atoms. The standard InChI is InChI=1S/C13H8FN3OS2/c14-9-3-1-2-8(6-9)7-10-11(18)16-13(20-10)17-12-15-4-5-19-12/h1-7H,(H,15,16,17,18)/b10-7-. The van der Waals surface area contributed by atoms with Gasteiger partial charge in [-0.15, -0.1) is 11.3 Å². The topological polar surface area (TPSA) is 54.4 Å². The SMILES string of the molecule is O=C1NC(=Nc2nccs2)S/C1=C\c1cccc(F)c1. The van der Waals surface area contributed by atoms with Gasteiger partial charge in [0.2, 0.25) is 5.13 Å². The Hall–Kier alpha value is -1.99. The lowest BCUT2D eigenvalue weighted by Gasteiger charge is -1.94. The number of nitrogens with one attached hydrogen (secondary N) is 1. The van der Waals surface area contributed by atoms with Crippen LogP contribution in [-0.4, -0.2) is 16.1 Å². The summed E-state index contributed by atoms with van der Waals surface area (Å²) in [6, 6.07) is 6.07. The van der Waals surface area contributed by atoms with Crippen molar-refractivity contribution >= 4 is 45.4 Å². The van der Waals surface area contributed by atoms with Gasteiger partial charge in [0.05, 0.1) is 4.91 Å². The lowest BCUT2D eigenvalue weighted by atomic mass is 10.2. The number of nitrogens with zero attached hydrogens (tertiary/aromatic N) is 2. The van der Waals surface area contributed by atoms with Crippen LogP contribution in [0.1, 0.15) is 5.56 Å². The molecular weight excluding hydrogens is 297 g/mol. The van der Waals surface area contributed by atoms with E-state index in [1.165, 1.54) is 35.2 Å². The van der Waals surface area contributed by atoms with Crippen molar-refractivity contribution in [3.05, 3.63) is 52.1 Å². The predicted octanol–water partition coefficient (Wildman–Crippen LogP) is 3.17. The summed E-state index contributed by atoms with van der Waals surface area (Å²) < 4.78 is 13.1. The maximum atomic E-state index is 13.1. The second-order valence-corrected chi connectivity index (χ2v) is 5.76. The molecule has 0 unspecified atom stereocenters. The van der Waals surface area contributed by atoms with Crippen LogP contribution in [0.2, 0.25) is 0 Å². The van der Waals surface area contributed by atoms with E-state index in [4.69, 9.17) is 0 Å². The highest BCUT2D eigenvalue weighted by molar-refractivity contribution is 8.18. The van der Waals surface area contributed by atoms with Crippen LogP contribution in [-0.2, 0) is 4.79 Å². The Morgan fingerprint density at radius 2 is 2.30 bits per heavy atom. The lowest BCUT2D eigenvalue weighted by Crippen LogP contribution is -2.19.